The van der Waals surface area contributed by atoms with Crippen molar-refractivity contribution in [1.29, 1.82) is 0 Å². The Bertz CT molecular complexity index is 300. The maximum Gasteiger partial charge on any atom is 0.504 e. The molecule has 3 rings (SSSR count). The third kappa shape index (κ3) is 1.96. The van der Waals surface area contributed by atoms with E-state index in [1.807, 2.05) is 12.1 Å². The number of hydrogen-bond acceptors (Lipinski definition) is 5. The molecule has 2 saturated heterocycles. The van der Waals surface area contributed by atoms with Crippen molar-refractivity contribution in [3.05, 3.63) is 17.0 Å². The highest BCUT2D eigenvalue weighted by atomic mass is 32.1. The smallest absolute Gasteiger partial charge is 0.404 e. The minimum absolute atomic E-state index is 0.190. The minimum atomic E-state index is -0.190. The van der Waals surface area contributed by atoms with Gasteiger partial charge in [0, 0.05) is 4.78 Å². The van der Waals surface area contributed by atoms with Gasteiger partial charge in [-0.1, -0.05) is 6.07 Å². The van der Waals surface area contributed by atoms with Crippen molar-refractivity contribution < 1.29 is 18.8 Å². The molecule has 80 valence electrons. The highest BCUT2D eigenvalue weighted by Gasteiger charge is 2.29. The van der Waals surface area contributed by atoms with Gasteiger partial charge in [0.05, 0.1) is 31.3 Å². The molecular formula is C9H11BO4S. The van der Waals surface area contributed by atoms with Crippen LogP contribution in [0.2, 0.25) is 0 Å². The summed E-state index contributed by atoms with van der Waals surface area (Å²) in [5, 5.41) is 0. The van der Waals surface area contributed by atoms with Gasteiger partial charge in [-0.3, -0.25) is 0 Å². The molecule has 3 heterocycles. The van der Waals surface area contributed by atoms with Gasteiger partial charge in [0.25, 0.3) is 0 Å². The summed E-state index contributed by atoms with van der Waals surface area (Å²) in [4.78, 5) is 1.08. The average molecular weight is 226 g/mol. The molecule has 0 N–H and O–H groups in total. The molecule has 6 heteroatoms. The Morgan fingerprint density at radius 2 is 1.80 bits per heavy atom. The minimum Gasteiger partial charge on any atom is -0.404 e. The topological polar surface area (TPSA) is 36.9 Å². The van der Waals surface area contributed by atoms with Gasteiger partial charge < -0.3 is 18.8 Å². The highest BCUT2D eigenvalue weighted by molar-refractivity contribution is 7.22. The van der Waals surface area contributed by atoms with Gasteiger partial charge in [-0.25, -0.2) is 0 Å². The van der Waals surface area contributed by atoms with Gasteiger partial charge in [-0.05, 0) is 6.07 Å². The summed E-state index contributed by atoms with van der Waals surface area (Å²) in [5.74, 6) is 0. The fourth-order valence-corrected chi connectivity index (χ4v) is 2.68. The van der Waals surface area contributed by atoms with Gasteiger partial charge >= 0.3 is 7.12 Å². The molecule has 0 amide bonds. The summed E-state index contributed by atoms with van der Waals surface area (Å²) in [6, 6.07) is 4.03. The molecule has 1 aromatic rings. The molecule has 0 saturated carbocycles. The first kappa shape index (κ1) is 9.80. The van der Waals surface area contributed by atoms with E-state index in [1.165, 1.54) is 0 Å². The van der Waals surface area contributed by atoms with Crippen LogP contribution in [-0.4, -0.2) is 33.5 Å². The number of thiophene rings is 1. The van der Waals surface area contributed by atoms with Crippen molar-refractivity contribution in [3.8, 4) is 0 Å². The zero-order valence-electron chi connectivity index (χ0n) is 8.18. The lowest BCUT2D eigenvalue weighted by Gasteiger charge is -2.05. The van der Waals surface area contributed by atoms with Crippen LogP contribution < -0.4 is 4.78 Å². The third-order valence-electron chi connectivity index (χ3n) is 2.36. The molecule has 0 spiro atoms. The summed E-state index contributed by atoms with van der Waals surface area (Å²) < 4.78 is 22.8. The average Bonchev–Trinajstić information content (AvgIpc) is 3.02. The Hall–Kier alpha value is -0.395. The molecule has 2 fully saturated rings. The van der Waals surface area contributed by atoms with Crippen LogP contribution in [0.25, 0.3) is 0 Å². The van der Waals surface area contributed by atoms with Crippen LogP contribution in [0.1, 0.15) is 11.2 Å². The molecule has 0 unspecified atom stereocenters. The van der Waals surface area contributed by atoms with Crippen molar-refractivity contribution in [1.82, 2.24) is 0 Å². The second-order valence-corrected chi connectivity index (χ2v) is 4.53. The molecule has 0 radical (unpaired) electrons. The van der Waals surface area contributed by atoms with Crippen LogP contribution in [0.5, 0.6) is 0 Å². The molecule has 1 aromatic heterocycles. The Labute approximate surface area is 92.2 Å². The molecule has 2 aliphatic rings. The maximum absolute atomic E-state index is 5.42. The molecule has 2 aliphatic heterocycles. The van der Waals surface area contributed by atoms with E-state index in [-0.39, 0.29) is 13.4 Å². The van der Waals surface area contributed by atoms with Crippen LogP contribution in [0.15, 0.2) is 12.1 Å². The lowest BCUT2D eigenvalue weighted by atomic mass is 9.89. The van der Waals surface area contributed by atoms with E-state index in [0.717, 1.165) is 9.65 Å². The summed E-state index contributed by atoms with van der Waals surface area (Å²) in [6.45, 7) is 2.70. The van der Waals surface area contributed by atoms with E-state index in [0.29, 0.717) is 26.4 Å². The first-order valence-electron chi connectivity index (χ1n) is 4.99. The Morgan fingerprint density at radius 1 is 1.07 bits per heavy atom. The molecule has 0 bridgehead atoms. The number of ether oxygens (including phenoxy) is 2. The van der Waals surface area contributed by atoms with Crippen molar-refractivity contribution in [3.63, 3.8) is 0 Å². The molecule has 0 aliphatic carbocycles. The SMILES string of the molecule is c1cc(C2OCCO2)sc1B1OCCO1. The monoisotopic (exact) mass is 226 g/mol. The van der Waals surface area contributed by atoms with E-state index in [1.54, 1.807) is 11.3 Å². The summed E-state index contributed by atoms with van der Waals surface area (Å²) in [7, 11) is -0.190. The standard InChI is InChI=1S/C9H11BO4S/c1-2-8(10-13-5-6-14-10)15-7(1)9-11-3-4-12-9/h1-2,9H,3-6H2. The van der Waals surface area contributed by atoms with Crippen molar-refractivity contribution in [2.75, 3.05) is 26.4 Å². The highest BCUT2D eigenvalue weighted by Crippen LogP contribution is 2.26. The molecule has 4 nitrogen and oxygen atoms in total. The van der Waals surface area contributed by atoms with Gasteiger partial charge in [0.1, 0.15) is 0 Å². The summed E-state index contributed by atoms with van der Waals surface area (Å²) in [6.07, 6.45) is -0.190. The number of hydrogen-bond donors (Lipinski definition) is 0. The Balaban J connectivity index is 1.74. The van der Waals surface area contributed by atoms with E-state index in [4.69, 9.17) is 18.8 Å². The van der Waals surface area contributed by atoms with E-state index in [2.05, 4.69) is 0 Å². The van der Waals surface area contributed by atoms with Crippen molar-refractivity contribution in [2.24, 2.45) is 0 Å². The van der Waals surface area contributed by atoms with Gasteiger partial charge in [0.2, 0.25) is 0 Å². The predicted molar refractivity (Wildman–Crippen MR) is 56.3 cm³/mol. The summed E-state index contributed by atoms with van der Waals surface area (Å²) >= 11 is 1.63. The van der Waals surface area contributed by atoms with Gasteiger partial charge in [0.15, 0.2) is 6.29 Å². The van der Waals surface area contributed by atoms with E-state index >= 15 is 0 Å². The molecule has 0 atom stereocenters. The Morgan fingerprint density at radius 3 is 2.53 bits per heavy atom. The zero-order chi connectivity index (χ0) is 10.1. The van der Waals surface area contributed by atoms with E-state index < -0.39 is 0 Å². The fourth-order valence-electron chi connectivity index (χ4n) is 1.67. The maximum atomic E-state index is 5.42. The van der Waals surface area contributed by atoms with Gasteiger partial charge in [-0.2, -0.15) is 0 Å². The molecule has 15 heavy (non-hydrogen) atoms. The summed E-state index contributed by atoms with van der Waals surface area (Å²) in [5.41, 5.74) is 0. The third-order valence-corrected chi connectivity index (χ3v) is 3.48. The van der Waals surface area contributed by atoms with Crippen LogP contribution in [-0.2, 0) is 18.8 Å². The van der Waals surface area contributed by atoms with Crippen LogP contribution in [0.4, 0.5) is 0 Å². The normalized spacial score (nSPS) is 22.8. The van der Waals surface area contributed by atoms with Gasteiger partial charge in [-0.15, -0.1) is 11.3 Å². The lowest BCUT2D eigenvalue weighted by Crippen LogP contribution is -2.28. The second-order valence-electron chi connectivity index (χ2n) is 3.39. The first-order chi connectivity index (χ1) is 7.43. The largest absolute Gasteiger partial charge is 0.504 e. The zero-order valence-corrected chi connectivity index (χ0v) is 9.00. The molecular weight excluding hydrogens is 215 g/mol. The number of rotatable bonds is 2. The molecule has 0 aromatic carbocycles. The second kappa shape index (κ2) is 4.23. The predicted octanol–water partition coefficient (Wildman–Crippen LogP) is 0.535. The van der Waals surface area contributed by atoms with Crippen molar-refractivity contribution in [2.45, 2.75) is 6.29 Å². The van der Waals surface area contributed by atoms with E-state index in [9.17, 15) is 0 Å². The first-order valence-corrected chi connectivity index (χ1v) is 5.81. The quantitative estimate of drug-likeness (QED) is 0.689. The van der Waals surface area contributed by atoms with Crippen LogP contribution in [0.3, 0.4) is 0 Å². The fraction of sp³-hybridized carbons (Fsp3) is 0.556. The van der Waals surface area contributed by atoms with Crippen LogP contribution in [0, 0.1) is 0 Å². The van der Waals surface area contributed by atoms with Crippen molar-refractivity contribution >= 4 is 23.2 Å². The van der Waals surface area contributed by atoms with Crippen LogP contribution >= 0.6 is 11.3 Å². The Kier molecular flexibility index (Phi) is 2.77. The lowest BCUT2D eigenvalue weighted by molar-refractivity contribution is -0.0413.